The van der Waals surface area contributed by atoms with Gasteiger partial charge in [0.2, 0.25) is 0 Å². The Morgan fingerprint density at radius 1 is 1.45 bits per heavy atom. The van der Waals surface area contributed by atoms with E-state index in [9.17, 15) is 18.4 Å². The number of esters is 1. The summed E-state index contributed by atoms with van der Waals surface area (Å²) in [5, 5.41) is 2.69. The molecule has 0 spiro atoms. The maximum Gasteiger partial charge on any atom is 0.328 e. The van der Waals surface area contributed by atoms with E-state index in [1.807, 2.05) is 6.26 Å². The van der Waals surface area contributed by atoms with Crippen molar-refractivity contribution in [1.29, 1.82) is 0 Å². The van der Waals surface area contributed by atoms with Crippen molar-refractivity contribution in [3.8, 4) is 0 Å². The number of rotatable bonds is 6. The van der Waals surface area contributed by atoms with Gasteiger partial charge < -0.3 is 19.9 Å². The van der Waals surface area contributed by atoms with Gasteiger partial charge in [-0.3, -0.25) is 0 Å². The van der Waals surface area contributed by atoms with E-state index in [0.717, 1.165) is 17.8 Å². The molecule has 10 heteroatoms. The lowest BCUT2D eigenvalue weighted by Crippen LogP contribution is -2.51. The number of aromatic amines is 1. The van der Waals surface area contributed by atoms with E-state index in [0.29, 0.717) is 24.3 Å². The van der Waals surface area contributed by atoms with Crippen molar-refractivity contribution < 1.29 is 23.1 Å². The zero-order chi connectivity index (χ0) is 21.0. The van der Waals surface area contributed by atoms with Crippen LogP contribution in [0, 0.1) is 11.6 Å². The van der Waals surface area contributed by atoms with Crippen molar-refractivity contribution in [1.82, 2.24) is 20.2 Å². The molecule has 0 bridgehead atoms. The third-order valence-electron chi connectivity index (χ3n) is 4.84. The van der Waals surface area contributed by atoms with Crippen LogP contribution in [0.4, 0.5) is 13.6 Å². The van der Waals surface area contributed by atoms with Crippen LogP contribution in [0.15, 0.2) is 24.5 Å². The molecule has 1 unspecified atom stereocenters. The van der Waals surface area contributed by atoms with Crippen molar-refractivity contribution in [2.24, 2.45) is 0 Å². The number of hydrogen-bond acceptors (Lipinski definition) is 5. The average molecular weight is 424 g/mol. The van der Waals surface area contributed by atoms with Crippen LogP contribution in [0.25, 0.3) is 0 Å². The number of halogens is 2. The van der Waals surface area contributed by atoms with E-state index >= 15 is 0 Å². The molecule has 3 rings (SSSR count). The Balaban J connectivity index is 1.91. The third kappa shape index (κ3) is 4.52. The maximum absolute atomic E-state index is 14.6. The molecule has 1 aromatic heterocycles. The Morgan fingerprint density at radius 2 is 2.24 bits per heavy atom. The zero-order valence-electron chi connectivity index (χ0n) is 16.1. The fourth-order valence-electron chi connectivity index (χ4n) is 3.39. The standard InChI is InChI=1S/C19H22F2N4O3S/c1-28-18(26)15(6-8-29-2)24-19(27)25-7-5-14-16(23-10-22-14)17(25)12-4-3-11(20)9-13(12)21/h3-4,9-10,15,17H,5-8H2,1-2H3,(H,22,23)(H,24,27)/t15-,17?/m0/s1. The summed E-state index contributed by atoms with van der Waals surface area (Å²) >= 11 is 1.54. The Kier molecular flexibility index (Phi) is 6.73. The summed E-state index contributed by atoms with van der Waals surface area (Å²) in [5.41, 5.74) is 1.42. The van der Waals surface area contributed by atoms with Gasteiger partial charge >= 0.3 is 12.0 Å². The maximum atomic E-state index is 14.6. The van der Waals surface area contributed by atoms with Gasteiger partial charge in [-0.05, 0) is 24.5 Å². The highest BCUT2D eigenvalue weighted by molar-refractivity contribution is 7.98. The van der Waals surface area contributed by atoms with Crippen molar-refractivity contribution in [3.05, 3.63) is 53.1 Å². The first-order chi connectivity index (χ1) is 14.0. The second-order valence-corrected chi connectivity index (χ2v) is 7.57. The number of carbonyl (C=O) groups is 2. The normalized spacial score (nSPS) is 16.8. The molecule has 2 atom stereocenters. The van der Waals surface area contributed by atoms with Gasteiger partial charge in [0.1, 0.15) is 23.7 Å². The molecular formula is C19H22F2N4O3S. The van der Waals surface area contributed by atoms with Crippen molar-refractivity contribution in [2.45, 2.75) is 24.9 Å². The number of imidazole rings is 1. The molecule has 2 aromatic rings. The van der Waals surface area contributed by atoms with Crippen LogP contribution in [-0.2, 0) is 16.0 Å². The summed E-state index contributed by atoms with van der Waals surface area (Å²) in [6, 6.07) is 1.03. The van der Waals surface area contributed by atoms with Gasteiger partial charge in [-0.25, -0.2) is 23.4 Å². The third-order valence-corrected chi connectivity index (χ3v) is 5.48. The summed E-state index contributed by atoms with van der Waals surface area (Å²) < 4.78 is 32.8. The number of H-pyrrole nitrogens is 1. The number of urea groups is 1. The lowest BCUT2D eigenvalue weighted by atomic mass is 9.95. The molecule has 7 nitrogen and oxygen atoms in total. The highest BCUT2D eigenvalue weighted by Crippen LogP contribution is 2.35. The van der Waals surface area contributed by atoms with Crippen LogP contribution in [0.3, 0.4) is 0 Å². The minimum absolute atomic E-state index is 0.133. The minimum Gasteiger partial charge on any atom is -0.467 e. The molecule has 2 heterocycles. The Hall–Kier alpha value is -2.62. The zero-order valence-corrected chi connectivity index (χ0v) is 16.9. The number of nitrogens with zero attached hydrogens (tertiary/aromatic N) is 2. The second kappa shape index (κ2) is 9.25. The Bertz CT molecular complexity index is 892. The number of ether oxygens (including phenoxy) is 1. The molecule has 0 radical (unpaired) electrons. The summed E-state index contributed by atoms with van der Waals surface area (Å²) in [6.07, 6.45) is 4.27. The molecule has 2 amide bonds. The van der Waals surface area contributed by atoms with E-state index < -0.39 is 35.7 Å². The minimum atomic E-state index is -0.843. The monoisotopic (exact) mass is 424 g/mol. The number of methoxy groups -OCH3 is 1. The lowest BCUT2D eigenvalue weighted by molar-refractivity contribution is -0.142. The molecular weight excluding hydrogens is 402 g/mol. The number of amides is 2. The highest BCUT2D eigenvalue weighted by Gasteiger charge is 2.37. The summed E-state index contributed by atoms with van der Waals surface area (Å²) in [5.74, 6) is -1.37. The van der Waals surface area contributed by atoms with Crippen molar-refractivity contribution in [3.63, 3.8) is 0 Å². The highest BCUT2D eigenvalue weighted by atomic mass is 32.2. The SMILES string of the molecule is COC(=O)[C@H](CCSC)NC(=O)N1CCc2[nH]cnc2C1c1ccc(F)cc1F. The Morgan fingerprint density at radius 3 is 2.93 bits per heavy atom. The van der Waals surface area contributed by atoms with E-state index in [1.165, 1.54) is 24.4 Å². The fourth-order valence-corrected chi connectivity index (χ4v) is 3.86. The molecule has 0 fully saturated rings. The van der Waals surface area contributed by atoms with Crippen LogP contribution in [0.5, 0.6) is 0 Å². The van der Waals surface area contributed by atoms with Crippen LogP contribution in [0.2, 0.25) is 0 Å². The van der Waals surface area contributed by atoms with Crippen molar-refractivity contribution >= 4 is 23.8 Å². The molecule has 29 heavy (non-hydrogen) atoms. The summed E-state index contributed by atoms with van der Waals surface area (Å²) in [7, 11) is 1.26. The van der Waals surface area contributed by atoms with E-state index in [2.05, 4.69) is 15.3 Å². The average Bonchev–Trinajstić information content (AvgIpc) is 3.19. The van der Waals surface area contributed by atoms with Gasteiger partial charge in [0.05, 0.1) is 19.1 Å². The van der Waals surface area contributed by atoms with Gasteiger partial charge in [0.15, 0.2) is 0 Å². The predicted octanol–water partition coefficient (Wildman–Crippen LogP) is 2.64. The largest absolute Gasteiger partial charge is 0.467 e. The molecule has 156 valence electrons. The van der Waals surface area contributed by atoms with Gasteiger partial charge in [-0.2, -0.15) is 11.8 Å². The molecule has 0 saturated carbocycles. The molecule has 0 saturated heterocycles. The first-order valence-corrected chi connectivity index (χ1v) is 10.5. The molecule has 2 N–H and O–H groups in total. The molecule has 1 aliphatic rings. The number of aromatic nitrogens is 2. The van der Waals surface area contributed by atoms with E-state index in [1.54, 1.807) is 11.8 Å². The fraction of sp³-hybridized carbons (Fsp3) is 0.421. The van der Waals surface area contributed by atoms with Gasteiger partial charge in [0.25, 0.3) is 0 Å². The number of hydrogen-bond donors (Lipinski definition) is 2. The van der Waals surface area contributed by atoms with Crippen LogP contribution < -0.4 is 5.32 Å². The number of thioether (sulfide) groups is 1. The van der Waals surface area contributed by atoms with Crippen LogP contribution >= 0.6 is 11.8 Å². The number of nitrogens with one attached hydrogen (secondary N) is 2. The topological polar surface area (TPSA) is 87.3 Å². The van der Waals surface area contributed by atoms with E-state index in [-0.39, 0.29) is 12.1 Å². The molecule has 1 aliphatic heterocycles. The van der Waals surface area contributed by atoms with Gasteiger partial charge in [0, 0.05) is 30.3 Å². The number of fused-ring (bicyclic) bond motifs is 1. The van der Waals surface area contributed by atoms with Crippen LogP contribution in [0.1, 0.15) is 29.4 Å². The molecule has 0 aliphatic carbocycles. The first-order valence-electron chi connectivity index (χ1n) is 9.07. The lowest BCUT2D eigenvalue weighted by Gasteiger charge is -2.36. The van der Waals surface area contributed by atoms with Crippen molar-refractivity contribution in [2.75, 3.05) is 25.7 Å². The smallest absolute Gasteiger partial charge is 0.328 e. The van der Waals surface area contributed by atoms with Gasteiger partial charge in [-0.1, -0.05) is 6.07 Å². The number of benzene rings is 1. The summed E-state index contributed by atoms with van der Waals surface area (Å²) in [6.45, 7) is 0.277. The van der Waals surface area contributed by atoms with E-state index in [4.69, 9.17) is 4.74 Å². The molecule has 1 aromatic carbocycles. The first kappa shape index (κ1) is 21.1. The second-order valence-electron chi connectivity index (χ2n) is 6.58. The van der Waals surface area contributed by atoms with Gasteiger partial charge in [-0.15, -0.1) is 0 Å². The van der Waals surface area contributed by atoms with Crippen LogP contribution in [-0.4, -0.2) is 58.6 Å². The quantitative estimate of drug-likeness (QED) is 0.697. The number of carbonyl (C=O) groups excluding carboxylic acids is 2. The predicted molar refractivity (Wildman–Crippen MR) is 105 cm³/mol. The Labute approximate surface area is 171 Å². The summed E-state index contributed by atoms with van der Waals surface area (Å²) in [4.78, 5) is 33.8.